The number of oxazole rings is 1. The fourth-order valence-corrected chi connectivity index (χ4v) is 8.12. The van der Waals surface area contributed by atoms with Gasteiger partial charge in [0.25, 0.3) is 0 Å². The van der Waals surface area contributed by atoms with Crippen molar-refractivity contribution < 1.29 is 35.1 Å². The Bertz CT molecular complexity index is 2410. The second kappa shape index (κ2) is 17.0. The molecule has 9 heteroatoms. The minimum absolute atomic E-state index is 0.0103. The zero-order valence-electron chi connectivity index (χ0n) is 33.6. The zero-order chi connectivity index (χ0) is 41.1. The maximum absolute atomic E-state index is 11.1. The number of aryl methyl sites for hydroxylation is 7. The largest absolute Gasteiger partial charge is 0.507 e. The molecule has 57 heavy (non-hydrogen) atoms. The molecule has 0 radical (unpaired) electrons. The number of rotatable bonds is 10. The lowest BCUT2D eigenvalue weighted by atomic mass is 9.83. The molecule has 7 aromatic rings. The van der Waals surface area contributed by atoms with Crippen molar-refractivity contribution in [1.82, 2.24) is 9.55 Å². The van der Waals surface area contributed by atoms with Crippen molar-refractivity contribution >= 4 is 10.8 Å². The van der Waals surface area contributed by atoms with Crippen LogP contribution < -0.4 is 0 Å². The molecule has 0 bridgehead atoms. The van der Waals surface area contributed by atoms with Crippen molar-refractivity contribution in [3.63, 3.8) is 0 Å². The number of aromatic hydroxyl groups is 4. The minimum Gasteiger partial charge on any atom is -0.507 e. The first kappa shape index (κ1) is 40.6. The van der Waals surface area contributed by atoms with Crippen LogP contribution in [0.3, 0.4) is 0 Å². The van der Waals surface area contributed by atoms with Gasteiger partial charge in [-0.2, -0.15) is 0 Å². The van der Waals surface area contributed by atoms with Crippen LogP contribution in [0.15, 0.2) is 95.9 Å². The van der Waals surface area contributed by atoms with E-state index in [0.717, 1.165) is 61.0 Å². The highest BCUT2D eigenvalue weighted by atomic mass is 16.3. The van der Waals surface area contributed by atoms with E-state index in [-0.39, 0.29) is 42.1 Å². The summed E-state index contributed by atoms with van der Waals surface area (Å²) in [4.78, 5) is 4.27. The Labute approximate surface area is 333 Å². The lowest BCUT2D eigenvalue weighted by molar-refractivity contribution is 0.299. The van der Waals surface area contributed by atoms with Gasteiger partial charge in [0.05, 0.1) is 18.0 Å². The van der Waals surface area contributed by atoms with E-state index < -0.39 is 5.92 Å². The van der Waals surface area contributed by atoms with Crippen LogP contribution in [0.4, 0.5) is 0 Å². The number of hydrogen-bond donors (Lipinski definition) is 6. The van der Waals surface area contributed by atoms with Crippen molar-refractivity contribution in [3.05, 3.63) is 170 Å². The number of hydrogen-bond acceptors (Lipinski definition) is 8. The number of aliphatic hydroxyl groups excluding tert-OH is 2. The van der Waals surface area contributed by atoms with Gasteiger partial charge < -0.3 is 39.6 Å². The number of aliphatic hydroxyl groups is 2. The summed E-state index contributed by atoms with van der Waals surface area (Å²) in [6.07, 6.45) is 5.97. The van der Waals surface area contributed by atoms with Gasteiger partial charge in [0.1, 0.15) is 29.3 Å². The van der Waals surface area contributed by atoms with E-state index in [0.29, 0.717) is 41.0 Å². The molecule has 0 unspecified atom stereocenters. The molecule has 5 aromatic carbocycles. The third kappa shape index (κ3) is 8.26. The molecular weight excluding hydrogens is 717 g/mol. The average Bonchev–Trinajstić information content (AvgIpc) is 3.81. The molecule has 7 rings (SSSR count). The van der Waals surface area contributed by atoms with E-state index in [4.69, 9.17) is 4.42 Å². The fourth-order valence-electron chi connectivity index (χ4n) is 8.12. The van der Waals surface area contributed by atoms with Gasteiger partial charge in [-0.3, -0.25) is 0 Å². The van der Waals surface area contributed by atoms with E-state index >= 15 is 0 Å². The summed E-state index contributed by atoms with van der Waals surface area (Å²) in [5.41, 5.74) is 10.7. The summed E-state index contributed by atoms with van der Waals surface area (Å²) >= 11 is 0. The molecule has 0 spiro atoms. The number of aromatic nitrogens is 2. The van der Waals surface area contributed by atoms with Gasteiger partial charge in [0.2, 0.25) is 5.89 Å². The van der Waals surface area contributed by atoms with Gasteiger partial charge in [0, 0.05) is 59.8 Å². The Morgan fingerprint density at radius 3 is 1.51 bits per heavy atom. The molecule has 2 aromatic heterocycles. The van der Waals surface area contributed by atoms with Crippen LogP contribution in [-0.4, -0.2) is 53.4 Å². The molecule has 296 valence electrons. The van der Waals surface area contributed by atoms with Gasteiger partial charge in [-0.05, 0) is 93.2 Å². The summed E-state index contributed by atoms with van der Waals surface area (Å²) < 4.78 is 7.68. The summed E-state index contributed by atoms with van der Waals surface area (Å²) in [5, 5.41) is 64.6. The molecule has 0 fully saturated rings. The number of fused-ring (bicyclic) bond motifs is 1. The second-order valence-electron chi connectivity index (χ2n) is 15.1. The van der Waals surface area contributed by atoms with Gasteiger partial charge >= 0.3 is 0 Å². The molecule has 0 atom stereocenters. The van der Waals surface area contributed by atoms with Crippen molar-refractivity contribution in [3.8, 4) is 23.0 Å². The minimum atomic E-state index is -0.635. The summed E-state index contributed by atoms with van der Waals surface area (Å²) in [6.45, 7) is 11.5. The smallest absolute Gasteiger partial charge is 0.206 e. The topological polar surface area (TPSA) is 152 Å². The zero-order valence-corrected chi connectivity index (χ0v) is 33.6. The Balaban J connectivity index is 0.000000193. The summed E-state index contributed by atoms with van der Waals surface area (Å²) in [5.74, 6) is 0.159. The lowest BCUT2D eigenvalue weighted by Gasteiger charge is -2.24. The monoisotopic (exact) mass is 768 g/mol. The third-order valence-corrected chi connectivity index (χ3v) is 10.7. The van der Waals surface area contributed by atoms with Crippen molar-refractivity contribution in [2.24, 2.45) is 7.05 Å². The number of benzene rings is 5. The second-order valence-corrected chi connectivity index (χ2v) is 15.1. The lowest BCUT2D eigenvalue weighted by Crippen LogP contribution is -2.10. The molecular formula is C48H52N2O7. The molecule has 6 N–H and O–H groups in total. The maximum atomic E-state index is 11.1. The van der Waals surface area contributed by atoms with Crippen LogP contribution >= 0.6 is 0 Å². The predicted octanol–water partition coefficient (Wildman–Crippen LogP) is 8.96. The summed E-state index contributed by atoms with van der Waals surface area (Å²) in [7, 11) is 2.03. The number of phenolic OH excluding ortho intramolecular Hbond substituents is 4. The van der Waals surface area contributed by atoms with Crippen LogP contribution in [0.1, 0.15) is 90.2 Å². The third-order valence-electron chi connectivity index (χ3n) is 10.7. The Kier molecular flexibility index (Phi) is 12.1. The van der Waals surface area contributed by atoms with Gasteiger partial charge in [0.15, 0.2) is 0 Å². The Morgan fingerprint density at radius 1 is 0.596 bits per heavy atom. The van der Waals surface area contributed by atoms with Crippen LogP contribution in [0.5, 0.6) is 23.0 Å². The average molecular weight is 769 g/mol. The van der Waals surface area contributed by atoms with E-state index in [1.54, 1.807) is 26.0 Å². The van der Waals surface area contributed by atoms with E-state index in [1.165, 1.54) is 12.5 Å². The molecule has 0 saturated heterocycles. The first-order chi connectivity index (χ1) is 27.2. The number of phenols is 4. The fraction of sp³-hybridized carbons (Fsp3) is 0.271. The predicted molar refractivity (Wildman–Crippen MR) is 224 cm³/mol. The van der Waals surface area contributed by atoms with Crippen LogP contribution in [-0.2, 0) is 19.9 Å². The van der Waals surface area contributed by atoms with Crippen LogP contribution in [0, 0.1) is 41.5 Å². The van der Waals surface area contributed by atoms with Gasteiger partial charge in [-0.15, -0.1) is 0 Å². The Hall–Kier alpha value is -6.03. The van der Waals surface area contributed by atoms with Crippen molar-refractivity contribution in [1.29, 1.82) is 0 Å². The standard InChI is InChI=1S/C26H27NO2.C22H25NO5/c1-15-10-17(3)25(28)21(12-15)23(22-13-16(2)11-18(4)26(22)29)24-20-9-7-6-8-19(20)14-27(24)5;1-13-9-15(3-6-24)11-17(20(13)26)19(22-23-5-8-28-22)18-12-16(4-7-25)10-14(2)21(18)27/h6-14,23,28-29H,1-5H3;5,8-12,19,24-27H,3-4,6-7H2,1-2H3. The van der Waals surface area contributed by atoms with Crippen molar-refractivity contribution in [2.75, 3.05) is 13.2 Å². The molecule has 0 amide bonds. The molecule has 0 saturated carbocycles. The quantitative estimate of drug-likeness (QED) is 0.0807. The molecule has 0 aliphatic heterocycles. The molecule has 0 aliphatic rings. The Morgan fingerprint density at radius 2 is 1.05 bits per heavy atom. The van der Waals surface area contributed by atoms with Crippen molar-refractivity contribution in [2.45, 2.75) is 66.2 Å². The normalized spacial score (nSPS) is 11.4. The first-order valence-corrected chi connectivity index (χ1v) is 19.1. The maximum Gasteiger partial charge on any atom is 0.206 e. The SMILES string of the molecule is Cc1cc(C)c(O)c(C(c2cc(C)cc(C)c2O)c2c3ccccc3cn2C)c1.Cc1cc(CCO)cc(C(c2ncco2)c2cc(CCO)cc(C)c2O)c1O. The van der Waals surface area contributed by atoms with Gasteiger partial charge in [-0.25, -0.2) is 4.98 Å². The van der Waals surface area contributed by atoms with Crippen LogP contribution in [0.25, 0.3) is 10.8 Å². The van der Waals surface area contributed by atoms with E-state index in [9.17, 15) is 30.6 Å². The van der Waals surface area contributed by atoms with Gasteiger partial charge in [-0.1, -0.05) is 83.9 Å². The first-order valence-electron chi connectivity index (χ1n) is 19.1. The highest BCUT2D eigenvalue weighted by Crippen LogP contribution is 2.46. The van der Waals surface area contributed by atoms with E-state index in [1.807, 2.05) is 83.3 Å². The molecule has 9 nitrogen and oxygen atoms in total. The summed E-state index contributed by atoms with van der Waals surface area (Å²) in [6, 6.07) is 23.6. The highest BCUT2D eigenvalue weighted by molar-refractivity contribution is 5.87. The highest BCUT2D eigenvalue weighted by Gasteiger charge is 2.30. The molecule has 0 aliphatic carbocycles. The molecule has 2 heterocycles. The van der Waals surface area contributed by atoms with E-state index in [2.05, 4.69) is 27.9 Å². The number of nitrogens with zero attached hydrogens (tertiary/aromatic N) is 2. The van der Waals surface area contributed by atoms with Crippen LogP contribution in [0.2, 0.25) is 0 Å².